The largest absolute Gasteiger partial charge is 0.758 e. The third-order valence-corrected chi connectivity index (χ3v) is 5.35. The quantitative estimate of drug-likeness (QED) is 0.268. The van der Waals surface area contributed by atoms with Crippen LogP contribution in [0.3, 0.4) is 0 Å². The molecule has 0 aromatic heterocycles. The van der Waals surface area contributed by atoms with Crippen molar-refractivity contribution in [3.05, 3.63) is 95.2 Å². The number of ether oxygens (including phenoxy) is 2. The van der Waals surface area contributed by atoms with Crippen molar-refractivity contribution in [2.45, 2.75) is 32.6 Å². The summed E-state index contributed by atoms with van der Waals surface area (Å²) in [5.74, 6) is 1.71. The summed E-state index contributed by atoms with van der Waals surface area (Å²) in [6.45, 7) is 1.97. The van der Waals surface area contributed by atoms with Crippen molar-refractivity contribution < 1.29 is 14.3 Å². The van der Waals surface area contributed by atoms with Gasteiger partial charge in [0.2, 0.25) is 0 Å². The first-order valence-corrected chi connectivity index (χ1v) is 11.0. The van der Waals surface area contributed by atoms with E-state index in [1.165, 1.54) is 18.2 Å². The van der Waals surface area contributed by atoms with Gasteiger partial charge in [0.15, 0.2) is 0 Å². The number of anilines is 1. The summed E-state index contributed by atoms with van der Waals surface area (Å²) >= 11 is 0. The molecule has 0 N–H and O–H groups in total. The lowest BCUT2D eigenvalue weighted by atomic mass is 9.94. The Labute approximate surface area is 190 Å². The number of hydroxylamine groups is 1. The first-order valence-electron chi connectivity index (χ1n) is 11.0. The molecule has 0 heterocycles. The van der Waals surface area contributed by atoms with Gasteiger partial charge >= 0.3 is 5.97 Å². The lowest BCUT2D eigenvalue weighted by molar-refractivity contribution is -0.138. The second-order valence-corrected chi connectivity index (χ2v) is 8.04. The highest BCUT2D eigenvalue weighted by molar-refractivity contribution is 5.75. The van der Waals surface area contributed by atoms with Gasteiger partial charge in [0.25, 0.3) is 0 Å². The number of carbonyl (C=O) groups is 1. The molecular formula is C27H30NO4-. The fourth-order valence-electron chi connectivity index (χ4n) is 3.62. The third kappa shape index (κ3) is 7.43. The summed E-state index contributed by atoms with van der Waals surface area (Å²) in [6.07, 6.45) is 4.15. The molecule has 3 aromatic rings. The second kappa shape index (κ2) is 11.9. The van der Waals surface area contributed by atoms with Crippen LogP contribution in [0.15, 0.2) is 78.9 Å². The predicted molar refractivity (Wildman–Crippen MR) is 128 cm³/mol. The molecule has 0 radical (unpaired) electrons. The van der Waals surface area contributed by atoms with E-state index in [-0.39, 0.29) is 6.54 Å². The van der Waals surface area contributed by atoms with Gasteiger partial charge in [-0.1, -0.05) is 55.8 Å². The zero-order valence-corrected chi connectivity index (χ0v) is 18.7. The maximum atomic E-state index is 11.9. The molecule has 168 valence electrons. The monoisotopic (exact) mass is 432 g/mol. The highest BCUT2D eigenvalue weighted by Crippen LogP contribution is 2.24. The minimum absolute atomic E-state index is 0.301. The number of hydrogen-bond acceptors (Lipinski definition) is 5. The zero-order valence-electron chi connectivity index (χ0n) is 18.7. The van der Waals surface area contributed by atoms with Crippen LogP contribution in [0.25, 0.3) is 0 Å². The van der Waals surface area contributed by atoms with Crippen molar-refractivity contribution in [3.63, 3.8) is 0 Å². The topological polar surface area (TPSA) is 61.8 Å². The average molecular weight is 433 g/mol. The molecular weight excluding hydrogens is 402 g/mol. The molecule has 0 spiro atoms. The Balaban J connectivity index is 1.44. The number of methoxy groups -OCH3 is 1. The third-order valence-electron chi connectivity index (χ3n) is 5.35. The molecule has 3 rings (SSSR count). The number of carbonyl (C=O) groups excluding carboxylic acids is 1. The summed E-state index contributed by atoms with van der Waals surface area (Å²) in [6, 6.07) is 25.5. The van der Waals surface area contributed by atoms with Crippen molar-refractivity contribution in [1.29, 1.82) is 0 Å². The molecule has 0 aliphatic rings. The van der Waals surface area contributed by atoms with Crippen molar-refractivity contribution >= 4 is 11.7 Å². The molecule has 5 nitrogen and oxygen atoms in total. The van der Waals surface area contributed by atoms with E-state index in [0.29, 0.717) is 16.7 Å². The SMILES string of the molecule is COC(=O)CN([O-])c1ccc(CCCC(C)Cc2cccc(Oc3ccccc3)c2)cc1. The van der Waals surface area contributed by atoms with Gasteiger partial charge in [-0.25, -0.2) is 0 Å². The fraction of sp³-hybridized carbons (Fsp3) is 0.296. The van der Waals surface area contributed by atoms with E-state index in [0.717, 1.165) is 37.2 Å². The highest BCUT2D eigenvalue weighted by Gasteiger charge is 2.07. The Kier molecular flexibility index (Phi) is 8.70. The van der Waals surface area contributed by atoms with Crippen LogP contribution in [0.5, 0.6) is 11.5 Å². The summed E-state index contributed by atoms with van der Waals surface area (Å²) in [7, 11) is 1.27. The van der Waals surface area contributed by atoms with Crippen molar-refractivity contribution in [2.24, 2.45) is 5.92 Å². The van der Waals surface area contributed by atoms with Crippen molar-refractivity contribution in [1.82, 2.24) is 0 Å². The van der Waals surface area contributed by atoms with E-state index in [2.05, 4.69) is 23.8 Å². The highest BCUT2D eigenvalue weighted by atomic mass is 16.5. The lowest BCUT2D eigenvalue weighted by Crippen LogP contribution is -2.24. The van der Waals surface area contributed by atoms with Crippen molar-refractivity contribution in [2.75, 3.05) is 18.7 Å². The van der Waals surface area contributed by atoms with Crippen LogP contribution in [0.4, 0.5) is 5.69 Å². The summed E-state index contributed by atoms with van der Waals surface area (Å²) in [4.78, 5) is 11.2. The fourth-order valence-corrected chi connectivity index (χ4v) is 3.62. The van der Waals surface area contributed by atoms with Gasteiger partial charge in [-0.05, 0) is 72.7 Å². The molecule has 0 saturated heterocycles. The van der Waals surface area contributed by atoms with Gasteiger partial charge in [0, 0.05) is 5.69 Å². The van der Waals surface area contributed by atoms with Crippen LogP contribution in [0.2, 0.25) is 0 Å². The molecule has 32 heavy (non-hydrogen) atoms. The van der Waals surface area contributed by atoms with E-state index < -0.39 is 5.97 Å². The van der Waals surface area contributed by atoms with Crippen LogP contribution in [-0.4, -0.2) is 19.6 Å². The molecule has 0 aliphatic carbocycles. The minimum Gasteiger partial charge on any atom is -0.758 e. The Morgan fingerprint density at radius 1 is 0.938 bits per heavy atom. The first kappa shape index (κ1) is 23.4. The number of hydrogen-bond donors (Lipinski definition) is 0. The summed E-state index contributed by atoms with van der Waals surface area (Å²) in [5, 5.41) is 12.6. The first-order chi connectivity index (χ1) is 15.5. The van der Waals surface area contributed by atoms with Crippen LogP contribution in [0.1, 0.15) is 30.9 Å². The normalized spacial score (nSPS) is 11.6. The molecule has 1 unspecified atom stereocenters. The van der Waals surface area contributed by atoms with E-state index in [4.69, 9.17) is 4.74 Å². The van der Waals surface area contributed by atoms with Crippen molar-refractivity contribution in [3.8, 4) is 11.5 Å². The Bertz CT molecular complexity index is 972. The van der Waals surface area contributed by atoms with Gasteiger partial charge in [0.05, 0.1) is 7.11 Å². The summed E-state index contributed by atoms with van der Waals surface area (Å²) in [5.41, 5.74) is 2.92. The molecule has 1 atom stereocenters. The minimum atomic E-state index is -0.546. The number of benzene rings is 3. The zero-order chi connectivity index (χ0) is 22.8. The van der Waals surface area contributed by atoms with Gasteiger partial charge < -0.3 is 19.7 Å². The molecule has 0 bridgehead atoms. The molecule has 5 heteroatoms. The smallest absolute Gasteiger partial charge is 0.324 e. The maximum absolute atomic E-state index is 11.9. The molecule has 3 aromatic carbocycles. The van der Waals surface area contributed by atoms with E-state index in [1.54, 1.807) is 12.1 Å². The van der Waals surface area contributed by atoms with Crippen LogP contribution in [-0.2, 0) is 22.4 Å². The number of esters is 1. The van der Waals surface area contributed by atoms with Crippen LogP contribution >= 0.6 is 0 Å². The number of rotatable bonds is 11. The Morgan fingerprint density at radius 3 is 2.38 bits per heavy atom. The molecule has 0 amide bonds. The molecule has 0 fully saturated rings. The summed E-state index contributed by atoms with van der Waals surface area (Å²) < 4.78 is 10.5. The van der Waals surface area contributed by atoms with Gasteiger partial charge in [-0.3, -0.25) is 4.79 Å². The van der Waals surface area contributed by atoms with E-state index >= 15 is 0 Å². The van der Waals surface area contributed by atoms with E-state index in [1.807, 2.05) is 54.6 Å². The van der Waals surface area contributed by atoms with Gasteiger partial charge in [-0.2, -0.15) is 0 Å². The standard InChI is InChI=1S/C27H30NO4/c1-21(18-23-10-7-13-26(19-23)32-25-11-4-3-5-12-25)8-6-9-22-14-16-24(17-15-22)28(30)20-27(29)31-2/h3-5,7,10-17,19,21H,6,8-9,18,20H2,1-2H3/q-1. The molecule has 0 saturated carbocycles. The number of aryl methyl sites for hydroxylation is 1. The van der Waals surface area contributed by atoms with E-state index in [9.17, 15) is 10.0 Å². The van der Waals surface area contributed by atoms with Gasteiger partial charge in [-0.15, -0.1) is 0 Å². The second-order valence-electron chi connectivity index (χ2n) is 8.04. The maximum Gasteiger partial charge on any atom is 0.324 e. The van der Waals surface area contributed by atoms with Crippen LogP contribution < -0.4 is 9.80 Å². The average Bonchev–Trinajstić information content (AvgIpc) is 2.80. The van der Waals surface area contributed by atoms with Crippen LogP contribution in [0, 0.1) is 11.1 Å². The number of para-hydroxylation sites is 1. The predicted octanol–water partition coefficient (Wildman–Crippen LogP) is 6.16. The number of nitrogens with zero attached hydrogens (tertiary/aromatic N) is 1. The lowest BCUT2D eigenvalue weighted by Gasteiger charge is -2.29. The molecule has 0 aliphatic heterocycles. The van der Waals surface area contributed by atoms with Gasteiger partial charge in [0.1, 0.15) is 18.0 Å². The Hall–Kier alpha value is -3.31. The Morgan fingerprint density at radius 2 is 1.66 bits per heavy atom.